The molecule has 2 heterocycles. The minimum absolute atomic E-state index is 0.0107. The molecule has 0 spiro atoms. The predicted octanol–water partition coefficient (Wildman–Crippen LogP) is 3.96. The van der Waals surface area contributed by atoms with Crippen molar-refractivity contribution in [3.05, 3.63) is 66.4 Å². The van der Waals surface area contributed by atoms with Crippen LogP contribution in [0.5, 0.6) is 0 Å². The van der Waals surface area contributed by atoms with E-state index < -0.39 is 0 Å². The van der Waals surface area contributed by atoms with Crippen molar-refractivity contribution >= 4 is 39.0 Å². The molecule has 1 aromatic heterocycles. The van der Waals surface area contributed by atoms with Crippen LogP contribution in [0, 0.1) is 5.92 Å². The Kier molecular flexibility index (Phi) is 6.11. The summed E-state index contributed by atoms with van der Waals surface area (Å²) in [5, 5.41) is 16.9. The van der Waals surface area contributed by atoms with Gasteiger partial charge in [-0.05, 0) is 72.6 Å². The summed E-state index contributed by atoms with van der Waals surface area (Å²) in [5.74, 6) is 0.113. The van der Waals surface area contributed by atoms with E-state index >= 15 is 0 Å². The quantitative estimate of drug-likeness (QED) is 0.460. The Morgan fingerprint density at radius 2 is 1.82 bits per heavy atom. The highest BCUT2D eigenvalue weighted by Crippen LogP contribution is 2.27. The summed E-state index contributed by atoms with van der Waals surface area (Å²) in [4.78, 5) is 16.9. The number of nitrogens with one attached hydrogen (secondary N) is 2. The summed E-state index contributed by atoms with van der Waals surface area (Å²) in [6.07, 6.45) is 3.56. The van der Waals surface area contributed by atoms with Gasteiger partial charge in [0.05, 0.1) is 11.7 Å². The molecular formula is C27H32N6O. The molecule has 176 valence electrons. The molecule has 1 amide bonds. The fraction of sp³-hybridized carbons (Fsp3) is 0.333. The Balaban J connectivity index is 1.27. The largest absolute Gasteiger partial charge is 0.378 e. The zero-order valence-electron chi connectivity index (χ0n) is 20.1. The van der Waals surface area contributed by atoms with E-state index in [0.717, 1.165) is 54.8 Å². The highest BCUT2D eigenvalue weighted by Gasteiger charge is 2.26. The zero-order valence-corrected chi connectivity index (χ0v) is 20.1. The van der Waals surface area contributed by atoms with Crippen LogP contribution in [0.15, 0.2) is 60.8 Å². The Bertz CT molecular complexity index is 1300. The normalized spacial score (nSPS) is 14.6. The number of fused-ring (bicyclic) bond motifs is 2. The van der Waals surface area contributed by atoms with Crippen LogP contribution in [0.4, 0.5) is 11.4 Å². The van der Waals surface area contributed by atoms with E-state index in [0.29, 0.717) is 0 Å². The fourth-order valence-corrected chi connectivity index (χ4v) is 4.83. The number of carbonyl (C=O) groups is 1. The topological polar surface area (TPSA) is 65.4 Å². The van der Waals surface area contributed by atoms with Crippen LogP contribution in [0.25, 0.3) is 21.7 Å². The third kappa shape index (κ3) is 4.31. The molecule has 4 aromatic rings. The van der Waals surface area contributed by atoms with Gasteiger partial charge in [-0.1, -0.05) is 18.2 Å². The second-order valence-electron chi connectivity index (χ2n) is 9.27. The average Bonchev–Trinajstić information content (AvgIpc) is 3.26. The highest BCUT2D eigenvalue weighted by molar-refractivity contribution is 5.98. The van der Waals surface area contributed by atoms with Crippen molar-refractivity contribution in [1.82, 2.24) is 15.2 Å². The molecule has 0 radical (unpaired) electrons. The van der Waals surface area contributed by atoms with Crippen LogP contribution in [0.3, 0.4) is 0 Å². The van der Waals surface area contributed by atoms with Crippen LogP contribution in [0.1, 0.15) is 18.4 Å². The lowest BCUT2D eigenvalue weighted by atomic mass is 9.96. The molecule has 0 unspecified atom stereocenters. The Morgan fingerprint density at radius 1 is 1.06 bits per heavy atom. The van der Waals surface area contributed by atoms with E-state index in [4.69, 9.17) is 5.10 Å². The van der Waals surface area contributed by atoms with Crippen LogP contribution >= 0.6 is 0 Å². The van der Waals surface area contributed by atoms with Gasteiger partial charge in [0.1, 0.15) is 0 Å². The van der Waals surface area contributed by atoms with Crippen molar-refractivity contribution in [2.24, 2.45) is 5.92 Å². The number of hydrogen-bond acceptors (Lipinski definition) is 5. The van der Waals surface area contributed by atoms with Crippen molar-refractivity contribution < 1.29 is 4.79 Å². The van der Waals surface area contributed by atoms with E-state index in [2.05, 4.69) is 46.0 Å². The fourth-order valence-electron chi connectivity index (χ4n) is 4.83. The van der Waals surface area contributed by atoms with Gasteiger partial charge in [0.15, 0.2) is 0 Å². The van der Waals surface area contributed by atoms with Crippen LogP contribution in [-0.2, 0) is 11.3 Å². The molecule has 1 aliphatic heterocycles. The van der Waals surface area contributed by atoms with Crippen LogP contribution in [0.2, 0.25) is 0 Å². The molecule has 7 nitrogen and oxygen atoms in total. The maximum atomic E-state index is 12.9. The van der Waals surface area contributed by atoms with E-state index in [9.17, 15) is 4.79 Å². The number of hydrogen-bond donors (Lipinski definition) is 2. The predicted molar refractivity (Wildman–Crippen MR) is 140 cm³/mol. The van der Waals surface area contributed by atoms with Gasteiger partial charge in [-0.3, -0.25) is 9.80 Å². The lowest BCUT2D eigenvalue weighted by Crippen LogP contribution is -2.44. The number of aromatic nitrogens is 2. The number of anilines is 2. The maximum absolute atomic E-state index is 12.9. The van der Waals surface area contributed by atoms with Crippen molar-refractivity contribution in [1.29, 1.82) is 0 Å². The number of rotatable bonds is 6. The molecule has 1 aliphatic rings. The molecule has 5 rings (SSSR count). The second kappa shape index (κ2) is 9.35. The summed E-state index contributed by atoms with van der Waals surface area (Å²) in [5.41, 5.74) is 4.36. The van der Waals surface area contributed by atoms with E-state index in [1.165, 1.54) is 16.3 Å². The molecule has 0 atom stereocenters. The number of nitrogens with zero attached hydrogens (tertiary/aromatic N) is 4. The highest BCUT2D eigenvalue weighted by atomic mass is 16.1. The molecule has 0 aliphatic carbocycles. The SMILES string of the molecule is CNCc1cccc2cc3c(cnn3N3CCC(C(=O)Nc4ccc(N(C)C)cc4)CC3)cc12. The molecule has 0 saturated carbocycles. The first-order valence-electron chi connectivity index (χ1n) is 11.9. The molecule has 2 N–H and O–H groups in total. The smallest absolute Gasteiger partial charge is 0.227 e. The summed E-state index contributed by atoms with van der Waals surface area (Å²) < 4.78 is 0. The number of piperidine rings is 1. The van der Waals surface area contributed by atoms with Gasteiger partial charge in [0, 0.05) is 56.4 Å². The second-order valence-corrected chi connectivity index (χ2v) is 9.27. The average molecular weight is 457 g/mol. The lowest BCUT2D eigenvalue weighted by Gasteiger charge is -2.33. The van der Waals surface area contributed by atoms with Crippen molar-refractivity contribution in [3.63, 3.8) is 0 Å². The Hall–Kier alpha value is -3.58. The van der Waals surface area contributed by atoms with Crippen LogP contribution in [-0.4, -0.2) is 50.0 Å². The first-order chi connectivity index (χ1) is 16.5. The van der Waals surface area contributed by atoms with Gasteiger partial charge < -0.3 is 15.5 Å². The molecule has 1 fully saturated rings. The molecular weight excluding hydrogens is 424 g/mol. The molecule has 3 aromatic carbocycles. The third-order valence-electron chi connectivity index (χ3n) is 6.77. The van der Waals surface area contributed by atoms with Gasteiger partial charge in [0.25, 0.3) is 0 Å². The summed E-state index contributed by atoms with van der Waals surface area (Å²) in [6, 6.07) is 18.9. The number of amides is 1. The van der Waals surface area contributed by atoms with E-state index in [1.807, 2.05) is 61.3 Å². The number of benzene rings is 3. The number of carbonyl (C=O) groups excluding carboxylic acids is 1. The van der Waals surface area contributed by atoms with Gasteiger partial charge in [-0.2, -0.15) is 9.89 Å². The van der Waals surface area contributed by atoms with Gasteiger partial charge in [-0.25, -0.2) is 0 Å². The van der Waals surface area contributed by atoms with E-state index in [-0.39, 0.29) is 11.8 Å². The Labute approximate surface area is 200 Å². The zero-order chi connectivity index (χ0) is 23.7. The molecule has 7 heteroatoms. The first kappa shape index (κ1) is 22.2. The minimum atomic E-state index is 0.0107. The summed E-state index contributed by atoms with van der Waals surface area (Å²) in [6.45, 7) is 2.44. The minimum Gasteiger partial charge on any atom is -0.378 e. The lowest BCUT2D eigenvalue weighted by molar-refractivity contribution is -0.120. The van der Waals surface area contributed by atoms with E-state index in [1.54, 1.807) is 0 Å². The van der Waals surface area contributed by atoms with Crippen molar-refractivity contribution in [3.8, 4) is 0 Å². The molecule has 34 heavy (non-hydrogen) atoms. The van der Waals surface area contributed by atoms with Gasteiger partial charge in [0.2, 0.25) is 5.91 Å². The third-order valence-corrected chi connectivity index (χ3v) is 6.77. The molecule has 0 bridgehead atoms. The maximum Gasteiger partial charge on any atom is 0.227 e. The molecule has 1 saturated heterocycles. The monoisotopic (exact) mass is 456 g/mol. The summed E-state index contributed by atoms with van der Waals surface area (Å²) >= 11 is 0. The first-order valence-corrected chi connectivity index (χ1v) is 11.9. The standard InChI is InChI=1S/C27H32N6O/c1-28-17-21-6-4-5-20-16-26-22(15-25(20)21)18-29-33(26)32-13-11-19(12-14-32)27(34)30-23-7-9-24(10-8-23)31(2)3/h4-10,15-16,18-19,28H,11-14,17H2,1-3H3,(H,30,34). The van der Waals surface area contributed by atoms with Crippen molar-refractivity contribution in [2.45, 2.75) is 19.4 Å². The van der Waals surface area contributed by atoms with Crippen LogP contribution < -0.4 is 20.5 Å². The van der Waals surface area contributed by atoms with Gasteiger partial charge in [-0.15, -0.1) is 0 Å². The van der Waals surface area contributed by atoms with Gasteiger partial charge >= 0.3 is 0 Å². The Morgan fingerprint density at radius 3 is 2.53 bits per heavy atom. The summed E-state index contributed by atoms with van der Waals surface area (Å²) in [7, 11) is 5.99. The van der Waals surface area contributed by atoms with Crippen molar-refractivity contribution in [2.75, 3.05) is 49.5 Å².